The predicted octanol–water partition coefficient (Wildman–Crippen LogP) is 0.237. The van der Waals surface area contributed by atoms with Crippen LogP contribution in [0.3, 0.4) is 0 Å². The molecule has 0 saturated carbocycles. The van der Waals surface area contributed by atoms with E-state index in [0.29, 0.717) is 6.10 Å². The van der Waals surface area contributed by atoms with E-state index in [-0.39, 0.29) is 0 Å². The van der Waals surface area contributed by atoms with Crippen molar-refractivity contribution in [1.82, 2.24) is 10.2 Å². The highest BCUT2D eigenvalue weighted by atomic mass is 16.5. The van der Waals surface area contributed by atoms with Crippen molar-refractivity contribution in [3.05, 3.63) is 11.6 Å². The van der Waals surface area contributed by atoms with Crippen molar-refractivity contribution < 1.29 is 4.74 Å². The minimum absolute atomic E-state index is 0.349. The van der Waals surface area contributed by atoms with Gasteiger partial charge >= 0.3 is 0 Å². The van der Waals surface area contributed by atoms with Crippen LogP contribution in [0.4, 0.5) is 0 Å². The molecule has 0 aromatic heterocycles. The van der Waals surface area contributed by atoms with Gasteiger partial charge in [-0.05, 0) is 19.0 Å². The summed E-state index contributed by atoms with van der Waals surface area (Å²) in [6.45, 7) is 5.11. The van der Waals surface area contributed by atoms with E-state index in [1.165, 1.54) is 18.5 Å². The highest BCUT2D eigenvalue weighted by Gasteiger charge is 2.20. The van der Waals surface area contributed by atoms with Crippen LogP contribution in [-0.4, -0.2) is 50.8 Å². The highest BCUT2D eigenvalue weighted by Crippen LogP contribution is 2.16. The van der Waals surface area contributed by atoms with Crippen LogP contribution in [0.25, 0.3) is 0 Å². The van der Waals surface area contributed by atoms with Gasteiger partial charge in [0.25, 0.3) is 0 Å². The SMILES string of the molecule is CN1CC=C([C@H]2CNCCO2)CC1. The smallest absolute Gasteiger partial charge is 0.0910 e. The summed E-state index contributed by atoms with van der Waals surface area (Å²) in [4.78, 5) is 2.33. The fourth-order valence-corrected chi connectivity index (χ4v) is 1.88. The number of likely N-dealkylation sites (N-methyl/N-ethyl adjacent to an activating group) is 1. The Morgan fingerprint density at radius 2 is 2.54 bits per heavy atom. The van der Waals surface area contributed by atoms with E-state index in [1.54, 1.807) is 0 Å². The van der Waals surface area contributed by atoms with Crippen molar-refractivity contribution >= 4 is 0 Å². The monoisotopic (exact) mass is 182 g/mol. The number of hydrogen-bond acceptors (Lipinski definition) is 3. The van der Waals surface area contributed by atoms with Crippen LogP contribution < -0.4 is 5.32 Å². The Morgan fingerprint density at radius 1 is 1.62 bits per heavy atom. The first kappa shape index (κ1) is 9.19. The lowest BCUT2D eigenvalue weighted by Crippen LogP contribution is -2.41. The summed E-state index contributed by atoms with van der Waals surface area (Å²) in [5.74, 6) is 0. The van der Waals surface area contributed by atoms with Crippen molar-refractivity contribution in [2.75, 3.05) is 39.8 Å². The number of morpholine rings is 1. The number of rotatable bonds is 1. The molecule has 74 valence electrons. The fraction of sp³-hybridized carbons (Fsp3) is 0.800. The van der Waals surface area contributed by atoms with Crippen LogP contribution in [0.1, 0.15) is 6.42 Å². The number of ether oxygens (including phenoxy) is 1. The summed E-state index contributed by atoms with van der Waals surface area (Å²) in [7, 11) is 2.16. The zero-order valence-corrected chi connectivity index (χ0v) is 8.25. The summed E-state index contributed by atoms with van der Waals surface area (Å²) >= 11 is 0. The Morgan fingerprint density at radius 3 is 3.15 bits per heavy atom. The van der Waals surface area contributed by atoms with E-state index in [2.05, 4.69) is 23.3 Å². The van der Waals surface area contributed by atoms with Crippen LogP contribution in [0, 0.1) is 0 Å². The second kappa shape index (κ2) is 4.22. The fourth-order valence-electron chi connectivity index (χ4n) is 1.88. The normalized spacial score (nSPS) is 31.5. The number of nitrogens with zero attached hydrogens (tertiary/aromatic N) is 1. The molecule has 0 aromatic rings. The molecule has 0 bridgehead atoms. The molecule has 3 heteroatoms. The van der Waals surface area contributed by atoms with Gasteiger partial charge < -0.3 is 15.0 Å². The van der Waals surface area contributed by atoms with Crippen molar-refractivity contribution in [1.29, 1.82) is 0 Å². The lowest BCUT2D eigenvalue weighted by molar-refractivity contribution is 0.0476. The molecule has 3 nitrogen and oxygen atoms in total. The maximum absolute atomic E-state index is 5.70. The third-order valence-electron chi connectivity index (χ3n) is 2.79. The maximum Gasteiger partial charge on any atom is 0.0910 e. The van der Waals surface area contributed by atoms with Gasteiger partial charge in [-0.1, -0.05) is 6.08 Å². The molecule has 0 aromatic carbocycles. The van der Waals surface area contributed by atoms with Gasteiger partial charge in [0.15, 0.2) is 0 Å². The van der Waals surface area contributed by atoms with Crippen LogP contribution >= 0.6 is 0 Å². The first-order valence-corrected chi connectivity index (χ1v) is 5.06. The average Bonchev–Trinajstić information content (AvgIpc) is 2.20. The summed E-state index contributed by atoms with van der Waals surface area (Å²) in [6.07, 6.45) is 3.84. The number of hydrogen-bond donors (Lipinski definition) is 1. The van der Waals surface area contributed by atoms with Crippen LogP contribution in [0.5, 0.6) is 0 Å². The molecule has 0 amide bonds. The molecule has 1 fully saturated rings. The zero-order valence-electron chi connectivity index (χ0n) is 8.25. The molecule has 1 saturated heterocycles. The summed E-state index contributed by atoms with van der Waals surface area (Å²) < 4.78 is 5.70. The second-order valence-electron chi connectivity index (χ2n) is 3.85. The molecule has 1 N–H and O–H groups in total. The van der Waals surface area contributed by atoms with Crippen LogP contribution in [-0.2, 0) is 4.74 Å². The van der Waals surface area contributed by atoms with Gasteiger partial charge in [0.05, 0.1) is 12.7 Å². The number of nitrogens with one attached hydrogen (secondary N) is 1. The van der Waals surface area contributed by atoms with Crippen molar-refractivity contribution in [2.45, 2.75) is 12.5 Å². The molecule has 2 rings (SSSR count). The summed E-state index contributed by atoms with van der Waals surface area (Å²) in [5.41, 5.74) is 1.49. The molecule has 2 aliphatic heterocycles. The van der Waals surface area contributed by atoms with E-state index < -0.39 is 0 Å². The van der Waals surface area contributed by atoms with Crippen molar-refractivity contribution in [3.8, 4) is 0 Å². The average molecular weight is 182 g/mol. The third kappa shape index (κ3) is 2.30. The Bertz CT molecular complexity index is 197. The van der Waals surface area contributed by atoms with E-state index in [4.69, 9.17) is 4.74 Å². The van der Waals surface area contributed by atoms with Gasteiger partial charge in [0, 0.05) is 26.2 Å². The van der Waals surface area contributed by atoms with Gasteiger partial charge in [-0.25, -0.2) is 0 Å². The molecule has 0 unspecified atom stereocenters. The molecule has 13 heavy (non-hydrogen) atoms. The quantitative estimate of drug-likeness (QED) is 0.588. The highest BCUT2D eigenvalue weighted by molar-refractivity contribution is 5.13. The van der Waals surface area contributed by atoms with E-state index in [1.807, 2.05) is 0 Å². The van der Waals surface area contributed by atoms with E-state index >= 15 is 0 Å². The molecule has 2 heterocycles. The first-order chi connectivity index (χ1) is 6.36. The standard InChI is InChI=1S/C10H18N2O/c1-12-5-2-9(3-6-12)10-8-11-4-7-13-10/h2,10-11H,3-8H2,1H3/t10-/m1/s1. The van der Waals surface area contributed by atoms with Crippen LogP contribution in [0.2, 0.25) is 0 Å². The maximum atomic E-state index is 5.70. The topological polar surface area (TPSA) is 24.5 Å². The Balaban J connectivity index is 1.92. The lowest BCUT2D eigenvalue weighted by atomic mass is 10.0. The minimum atomic E-state index is 0.349. The lowest BCUT2D eigenvalue weighted by Gasteiger charge is -2.30. The zero-order chi connectivity index (χ0) is 9.10. The summed E-state index contributed by atoms with van der Waals surface area (Å²) in [5, 5.41) is 3.36. The molecule has 1 atom stereocenters. The molecule has 2 aliphatic rings. The Kier molecular flexibility index (Phi) is 2.98. The second-order valence-corrected chi connectivity index (χ2v) is 3.85. The van der Waals surface area contributed by atoms with Crippen LogP contribution in [0.15, 0.2) is 11.6 Å². The van der Waals surface area contributed by atoms with Crippen molar-refractivity contribution in [2.24, 2.45) is 0 Å². The van der Waals surface area contributed by atoms with E-state index in [9.17, 15) is 0 Å². The molecule has 0 aliphatic carbocycles. The predicted molar refractivity (Wildman–Crippen MR) is 52.8 cm³/mol. The minimum Gasteiger partial charge on any atom is -0.371 e. The summed E-state index contributed by atoms with van der Waals surface area (Å²) in [6, 6.07) is 0. The Labute approximate surface area is 79.7 Å². The molecular formula is C10H18N2O. The van der Waals surface area contributed by atoms with E-state index in [0.717, 1.165) is 26.2 Å². The third-order valence-corrected chi connectivity index (χ3v) is 2.79. The van der Waals surface area contributed by atoms with Gasteiger partial charge in [0.1, 0.15) is 0 Å². The van der Waals surface area contributed by atoms with Gasteiger partial charge in [-0.15, -0.1) is 0 Å². The van der Waals surface area contributed by atoms with Gasteiger partial charge in [0.2, 0.25) is 0 Å². The largest absolute Gasteiger partial charge is 0.371 e. The molecule has 0 radical (unpaired) electrons. The van der Waals surface area contributed by atoms with Gasteiger partial charge in [-0.2, -0.15) is 0 Å². The van der Waals surface area contributed by atoms with Crippen molar-refractivity contribution in [3.63, 3.8) is 0 Å². The van der Waals surface area contributed by atoms with Gasteiger partial charge in [-0.3, -0.25) is 0 Å². The first-order valence-electron chi connectivity index (χ1n) is 5.06. The Hall–Kier alpha value is -0.380. The molecule has 0 spiro atoms. The molecular weight excluding hydrogens is 164 g/mol.